The minimum Gasteiger partial charge on any atom is -0.264 e. The Bertz CT molecular complexity index is 571. The molecule has 0 radical (unpaired) electrons. The third-order valence-corrected chi connectivity index (χ3v) is 2.05. The van der Waals surface area contributed by atoms with E-state index in [2.05, 4.69) is 20.5 Å². The SMILES string of the molecule is O=[N+]([O-])c1cccnc1N/N=C\c1cccnc1. The van der Waals surface area contributed by atoms with Gasteiger partial charge in [-0.15, -0.1) is 0 Å². The molecule has 90 valence electrons. The number of rotatable bonds is 4. The summed E-state index contributed by atoms with van der Waals surface area (Å²) < 4.78 is 0. The molecule has 0 aliphatic carbocycles. The van der Waals surface area contributed by atoms with Crippen LogP contribution in [0.15, 0.2) is 48.0 Å². The monoisotopic (exact) mass is 243 g/mol. The van der Waals surface area contributed by atoms with Gasteiger partial charge in [-0.1, -0.05) is 6.07 Å². The molecule has 0 saturated heterocycles. The van der Waals surface area contributed by atoms with Crippen LogP contribution in [0.1, 0.15) is 5.56 Å². The molecule has 0 aliphatic heterocycles. The first-order valence-corrected chi connectivity index (χ1v) is 5.06. The molecule has 2 heterocycles. The predicted octanol–water partition coefficient (Wildman–Crippen LogP) is 1.83. The smallest absolute Gasteiger partial charge is 0.264 e. The molecule has 0 amide bonds. The third kappa shape index (κ3) is 2.85. The summed E-state index contributed by atoms with van der Waals surface area (Å²) in [5, 5.41) is 14.6. The topological polar surface area (TPSA) is 93.3 Å². The number of aromatic nitrogens is 2. The van der Waals surface area contributed by atoms with Crippen LogP contribution >= 0.6 is 0 Å². The number of hydrazone groups is 1. The molecule has 0 spiro atoms. The number of nitro groups is 1. The predicted molar refractivity (Wildman–Crippen MR) is 66.3 cm³/mol. The van der Waals surface area contributed by atoms with Crippen LogP contribution in [-0.4, -0.2) is 21.1 Å². The highest BCUT2D eigenvalue weighted by Gasteiger charge is 2.12. The van der Waals surface area contributed by atoms with E-state index in [0.29, 0.717) is 0 Å². The Morgan fingerprint density at radius 2 is 2.17 bits per heavy atom. The second-order valence-electron chi connectivity index (χ2n) is 3.28. The average Bonchev–Trinajstić information content (AvgIpc) is 2.40. The van der Waals surface area contributed by atoms with Gasteiger partial charge in [-0.2, -0.15) is 5.10 Å². The lowest BCUT2D eigenvalue weighted by Gasteiger charge is -1.99. The largest absolute Gasteiger partial charge is 0.313 e. The van der Waals surface area contributed by atoms with Crippen LogP contribution in [0.4, 0.5) is 11.5 Å². The summed E-state index contributed by atoms with van der Waals surface area (Å²) in [6, 6.07) is 6.43. The van der Waals surface area contributed by atoms with Crippen molar-refractivity contribution in [2.45, 2.75) is 0 Å². The molecule has 7 heteroatoms. The van der Waals surface area contributed by atoms with Crippen molar-refractivity contribution in [1.29, 1.82) is 0 Å². The summed E-state index contributed by atoms with van der Waals surface area (Å²) >= 11 is 0. The van der Waals surface area contributed by atoms with Gasteiger partial charge in [0.2, 0.25) is 5.82 Å². The Kier molecular flexibility index (Phi) is 3.55. The minimum absolute atomic E-state index is 0.0997. The van der Waals surface area contributed by atoms with E-state index in [-0.39, 0.29) is 11.5 Å². The second kappa shape index (κ2) is 5.48. The lowest BCUT2D eigenvalue weighted by atomic mass is 10.3. The van der Waals surface area contributed by atoms with E-state index < -0.39 is 4.92 Å². The third-order valence-electron chi connectivity index (χ3n) is 2.05. The van der Waals surface area contributed by atoms with E-state index in [9.17, 15) is 10.1 Å². The molecule has 0 bridgehead atoms. The number of pyridine rings is 2. The highest BCUT2D eigenvalue weighted by Crippen LogP contribution is 2.19. The maximum atomic E-state index is 10.7. The second-order valence-corrected chi connectivity index (χ2v) is 3.28. The Morgan fingerprint density at radius 1 is 1.33 bits per heavy atom. The zero-order chi connectivity index (χ0) is 12.8. The quantitative estimate of drug-likeness (QED) is 0.502. The molecule has 0 saturated carbocycles. The summed E-state index contributed by atoms with van der Waals surface area (Å²) in [5.74, 6) is 0.0997. The molecule has 7 nitrogen and oxygen atoms in total. The van der Waals surface area contributed by atoms with Gasteiger partial charge in [-0.3, -0.25) is 20.5 Å². The van der Waals surface area contributed by atoms with Crippen molar-refractivity contribution in [2.24, 2.45) is 5.10 Å². The zero-order valence-electron chi connectivity index (χ0n) is 9.22. The fraction of sp³-hybridized carbons (Fsp3) is 0. The van der Waals surface area contributed by atoms with Crippen LogP contribution in [0.3, 0.4) is 0 Å². The molecule has 2 aromatic rings. The fourth-order valence-electron chi connectivity index (χ4n) is 1.25. The van der Waals surface area contributed by atoms with Gasteiger partial charge in [0.15, 0.2) is 0 Å². The van der Waals surface area contributed by atoms with Crippen LogP contribution in [0.5, 0.6) is 0 Å². The summed E-state index contributed by atoms with van der Waals surface area (Å²) in [5.41, 5.74) is 3.19. The summed E-state index contributed by atoms with van der Waals surface area (Å²) in [7, 11) is 0. The Morgan fingerprint density at radius 3 is 2.89 bits per heavy atom. The van der Waals surface area contributed by atoms with Gasteiger partial charge in [0.05, 0.1) is 11.1 Å². The van der Waals surface area contributed by atoms with Gasteiger partial charge in [-0.25, -0.2) is 4.98 Å². The molecular weight excluding hydrogens is 234 g/mol. The normalized spacial score (nSPS) is 10.4. The number of nitrogens with one attached hydrogen (secondary N) is 1. The first-order chi connectivity index (χ1) is 8.77. The van der Waals surface area contributed by atoms with Crippen molar-refractivity contribution in [3.05, 3.63) is 58.5 Å². The van der Waals surface area contributed by atoms with Crippen molar-refractivity contribution in [3.8, 4) is 0 Å². The fourth-order valence-corrected chi connectivity index (χ4v) is 1.25. The van der Waals surface area contributed by atoms with Crippen molar-refractivity contribution in [3.63, 3.8) is 0 Å². The lowest BCUT2D eigenvalue weighted by Crippen LogP contribution is -1.98. The maximum Gasteiger partial charge on any atom is 0.313 e. The van der Waals surface area contributed by atoms with Crippen molar-refractivity contribution >= 4 is 17.7 Å². The molecule has 0 aromatic carbocycles. The Labute approximate surface area is 102 Å². The van der Waals surface area contributed by atoms with Crippen LogP contribution in [0.25, 0.3) is 0 Å². The highest BCUT2D eigenvalue weighted by molar-refractivity contribution is 5.79. The first-order valence-electron chi connectivity index (χ1n) is 5.06. The molecular formula is C11H9N5O2. The van der Waals surface area contributed by atoms with Gasteiger partial charge >= 0.3 is 5.69 Å². The standard InChI is InChI=1S/C11H9N5O2/c17-16(18)10-4-2-6-13-11(10)15-14-8-9-3-1-5-12-7-9/h1-8H,(H,13,15)/b14-8-. The summed E-state index contributed by atoms with van der Waals surface area (Å²) in [6.07, 6.45) is 6.23. The summed E-state index contributed by atoms with van der Waals surface area (Å²) in [4.78, 5) is 18.0. The average molecular weight is 243 g/mol. The Hall–Kier alpha value is -2.83. The zero-order valence-corrected chi connectivity index (χ0v) is 9.22. The molecule has 0 aliphatic rings. The molecule has 2 aromatic heterocycles. The molecule has 0 atom stereocenters. The molecule has 2 rings (SSSR count). The maximum absolute atomic E-state index is 10.7. The van der Waals surface area contributed by atoms with Gasteiger partial charge in [-0.05, 0) is 12.1 Å². The van der Waals surface area contributed by atoms with E-state index in [1.165, 1.54) is 24.5 Å². The van der Waals surface area contributed by atoms with Gasteiger partial charge < -0.3 is 0 Å². The lowest BCUT2D eigenvalue weighted by molar-refractivity contribution is -0.384. The van der Waals surface area contributed by atoms with Crippen molar-refractivity contribution < 1.29 is 4.92 Å². The molecule has 0 unspecified atom stereocenters. The van der Waals surface area contributed by atoms with Crippen LogP contribution in [0.2, 0.25) is 0 Å². The van der Waals surface area contributed by atoms with Crippen molar-refractivity contribution in [2.75, 3.05) is 5.43 Å². The number of hydrogen-bond donors (Lipinski definition) is 1. The first kappa shape index (κ1) is 11.6. The van der Waals surface area contributed by atoms with Gasteiger partial charge in [0.25, 0.3) is 0 Å². The molecule has 18 heavy (non-hydrogen) atoms. The van der Waals surface area contributed by atoms with E-state index >= 15 is 0 Å². The highest BCUT2D eigenvalue weighted by atomic mass is 16.6. The summed E-state index contributed by atoms with van der Waals surface area (Å²) in [6.45, 7) is 0. The van der Waals surface area contributed by atoms with Crippen LogP contribution in [-0.2, 0) is 0 Å². The number of nitrogens with zero attached hydrogens (tertiary/aromatic N) is 4. The number of hydrogen-bond acceptors (Lipinski definition) is 6. The van der Waals surface area contributed by atoms with E-state index in [1.807, 2.05) is 6.07 Å². The van der Waals surface area contributed by atoms with E-state index in [4.69, 9.17) is 0 Å². The van der Waals surface area contributed by atoms with Gasteiger partial charge in [0, 0.05) is 30.2 Å². The molecule has 1 N–H and O–H groups in total. The van der Waals surface area contributed by atoms with Crippen molar-refractivity contribution in [1.82, 2.24) is 9.97 Å². The Balaban J connectivity index is 2.11. The van der Waals surface area contributed by atoms with E-state index in [1.54, 1.807) is 18.5 Å². The van der Waals surface area contributed by atoms with Gasteiger partial charge in [0.1, 0.15) is 0 Å². The van der Waals surface area contributed by atoms with E-state index in [0.717, 1.165) is 5.56 Å². The number of anilines is 1. The van der Waals surface area contributed by atoms with Crippen LogP contribution in [0, 0.1) is 10.1 Å². The molecule has 0 fully saturated rings. The minimum atomic E-state index is -0.519. The van der Waals surface area contributed by atoms with Crippen LogP contribution < -0.4 is 5.43 Å².